The molecule has 0 bridgehead atoms. The molecule has 106 valence electrons. The fourth-order valence-corrected chi connectivity index (χ4v) is 3.43. The molecule has 1 unspecified atom stereocenters. The molecule has 1 aromatic rings. The van der Waals surface area contributed by atoms with Crippen molar-refractivity contribution < 1.29 is 0 Å². The van der Waals surface area contributed by atoms with E-state index in [9.17, 15) is 0 Å². The molecule has 0 radical (unpaired) electrons. The van der Waals surface area contributed by atoms with Crippen LogP contribution < -0.4 is 5.32 Å². The highest BCUT2D eigenvalue weighted by Crippen LogP contribution is 2.29. The molecule has 0 aliphatic heterocycles. The van der Waals surface area contributed by atoms with Crippen LogP contribution in [0.3, 0.4) is 0 Å². The van der Waals surface area contributed by atoms with Gasteiger partial charge in [-0.2, -0.15) is 0 Å². The average molecular weight is 259 g/mol. The van der Waals surface area contributed by atoms with Crippen molar-refractivity contribution in [1.82, 2.24) is 5.32 Å². The van der Waals surface area contributed by atoms with Gasteiger partial charge in [0.2, 0.25) is 0 Å². The number of benzene rings is 1. The number of hydrogen-bond acceptors (Lipinski definition) is 1. The van der Waals surface area contributed by atoms with E-state index in [0.717, 1.165) is 5.92 Å². The molecule has 0 heterocycles. The minimum absolute atomic E-state index is 0.253. The minimum Gasteiger partial charge on any atom is -0.314 e. The van der Waals surface area contributed by atoms with Gasteiger partial charge >= 0.3 is 0 Å². The lowest BCUT2D eigenvalue weighted by molar-refractivity contribution is 0.365. The summed E-state index contributed by atoms with van der Waals surface area (Å²) in [5.41, 5.74) is 1.70. The molecule has 1 heteroatoms. The highest BCUT2D eigenvalue weighted by atomic mass is 14.9. The molecule has 0 amide bonds. The standard InChI is InChI=1S/C18H29N/c1-15(19-14-16-9-7-8-10-16)13-18(2,3)17-11-5-4-6-12-17/h4-6,11-12,15-16,19H,7-10,13-14H2,1-3H3. The summed E-state index contributed by atoms with van der Waals surface area (Å²) in [6.45, 7) is 8.26. The fourth-order valence-electron chi connectivity index (χ4n) is 3.43. The highest BCUT2D eigenvalue weighted by Gasteiger charge is 2.23. The van der Waals surface area contributed by atoms with E-state index in [4.69, 9.17) is 0 Å². The molecule has 1 saturated carbocycles. The molecule has 0 aromatic heterocycles. The maximum Gasteiger partial charge on any atom is 0.00471 e. The van der Waals surface area contributed by atoms with Crippen LogP contribution in [0.5, 0.6) is 0 Å². The number of hydrogen-bond donors (Lipinski definition) is 1. The van der Waals surface area contributed by atoms with Crippen molar-refractivity contribution in [3.63, 3.8) is 0 Å². The van der Waals surface area contributed by atoms with Crippen LogP contribution in [0.25, 0.3) is 0 Å². The van der Waals surface area contributed by atoms with E-state index in [-0.39, 0.29) is 5.41 Å². The van der Waals surface area contributed by atoms with Gasteiger partial charge in [0.15, 0.2) is 0 Å². The largest absolute Gasteiger partial charge is 0.314 e. The van der Waals surface area contributed by atoms with E-state index in [1.54, 1.807) is 0 Å². The predicted molar refractivity (Wildman–Crippen MR) is 83.5 cm³/mol. The Morgan fingerprint density at radius 1 is 1.16 bits per heavy atom. The van der Waals surface area contributed by atoms with Crippen LogP contribution in [0.15, 0.2) is 30.3 Å². The Balaban J connectivity index is 1.81. The molecular weight excluding hydrogens is 230 g/mol. The van der Waals surface area contributed by atoms with Crippen molar-refractivity contribution in [3.8, 4) is 0 Å². The van der Waals surface area contributed by atoms with Gasteiger partial charge in [-0.05, 0) is 49.6 Å². The first kappa shape index (κ1) is 14.6. The van der Waals surface area contributed by atoms with Gasteiger partial charge in [-0.15, -0.1) is 0 Å². The van der Waals surface area contributed by atoms with Gasteiger partial charge in [-0.25, -0.2) is 0 Å². The normalized spacial score (nSPS) is 18.7. The Bertz CT molecular complexity index is 363. The van der Waals surface area contributed by atoms with Gasteiger partial charge in [0.1, 0.15) is 0 Å². The van der Waals surface area contributed by atoms with Crippen molar-refractivity contribution in [3.05, 3.63) is 35.9 Å². The van der Waals surface area contributed by atoms with Crippen molar-refractivity contribution >= 4 is 0 Å². The summed E-state index contributed by atoms with van der Waals surface area (Å²) in [6.07, 6.45) is 6.94. The maximum absolute atomic E-state index is 3.75. The van der Waals surface area contributed by atoms with Crippen LogP contribution in [-0.4, -0.2) is 12.6 Å². The molecule has 19 heavy (non-hydrogen) atoms. The Morgan fingerprint density at radius 2 is 1.79 bits per heavy atom. The highest BCUT2D eigenvalue weighted by molar-refractivity contribution is 5.23. The first-order chi connectivity index (χ1) is 9.08. The summed E-state index contributed by atoms with van der Waals surface area (Å²) in [4.78, 5) is 0. The lowest BCUT2D eigenvalue weighted by atomic mass is 9.79. The van der Waals surface area contributed by atoms with E-state index in [1.165, 1.54) is 44.2 Å². The lowest BCUT2D eigenvalue weighted by Crippen LogP contribution is -2.35. The van der Waals surface area contributed by atoms with Gasteiger partial charge in [-0.3, -0.25) is 0 Å². The number of nitrogens with one attached hydrogen (secondary N) is 1. The molecule has 1 N–H and O–H groups in total. The van der Waals surface area contributed by atoms with Crippen LogP contribution in [0.4, 0.5) is 0 Å². The zero-order valence-corrected chi connectivity index (χ0v) is 12.8. The van der Waals surface area contributed by atoms with E-state index in [2.05, 4.69) is 56.4 Å². The quantitative estimate of drug-likeness (QED) is 0.792. The Kier molecular flexibility index (Phi) is 5.04. The fraction of sp³-hybridized carbons (Fsp3) is 0.667. The average Bonchev–Trinajstić information content (AvgIpc) is 2.90. The summed E-state index contributed by atoms with van der Waals surface area (Å²) < 4.78 is 0. The van der Waals surface area contributed by atoms with Crippen molar-refractivity contribution in [2.24, 2.45) is 5.92 Å². The van der Waals surface area contributed by atoms with Crippen LogP contribution in [0.1, 0.15) is 58.4 Å². The van der Waals surface area contributed by atoms with Crippen LogP contribution in [0.2, 0.25) is 0 Å². The summed E-state index contributed by atoms with van der Waals surface area (Å²) in [6, 6.07) is 11.5. The Labute approximate surface area is 118 Å². The van der Waals surface area contributed by atoms with E-state index >= 15 is 0 Å². The molecule has 1 aliphatic carbocycles. The first-order valence-corrected chi connectivity index (χ1v) is 7.87. The van der Waals surface area contributed by atoms with Gasteiger partial charge in [0.05, 0.1) is 0 Å². The van der Waals surface area contributed by atoms with Gasteiger partial charge in [0.25, 0.3) is 0 Å². The second kappa shape index (κ2) is 6.56. The number of rotatable bonds is 6. The van der Waals surface area contributed by atoms with E-state index in [0.29, 0.717) is 6.04 Å². The molecule has 1 fully saturated rings. The van der Waals surface area contributed by atoms with Crippen molar-refractivity contribution in [2.75, 3.05) is 6.54 Å². The van der Waals surface area contributed by atoms with Crippen LogP contribution in [-0.2, 0) is 5.41 Å². The minimum atomic E-state index is 0.253. The third-order valence-corrected chi connectivity index (χ3v) is 4.60. The van der Waals surface area contributed by atoms with Crippen molar-refractivity contribution in [1.29, 1.82) is 0 Å². The molecule has 1 nitrogen and oxygen atoms in total. The second-order valence-corrected chi connectivity index (χ2v) is 6.91. The molecule has 0 saturated heterocycles. The zero-order valence-electron chi connectivity index (χ0n) is 12.8. The monoisotopic (exact) mass is 259 g/mol. The summed E-state index contributed by atoms with van der Waals surface area (Å²) in [5.74, 6) is 0.933. The zero-order chi connectivity index (χ0) is 13.7. The smallest absolute Gasteiger partial charge is 0.00471 e. The van der Waals surface area contributed by atoms with E-state index < -0.39 is 0 Å². The van der Waals surface area contributed by atoms with E-state index in [1.807, 2.05) is 0 Å². The molecule has 0 spiro atoms. The predicted octanol–water partition coefficient (Wildman–Crippen LogP) is 4.52. The van der Waals surface area contributed by atoms with Gasteiger partial charge in [-0.1, -0.05) is 57.0 Å². The SMILES string of the molecule is CC(CC(C)(C)c1ccccc1)NCC1CCCC1. The molecule has 1 atom stereocenters. The third kappa shape index (κ3) is 4.35. The lowest BCUT2D eigenvalue weighted by Gasteiger charge is -2.29. The van der Waals surface area contributed by atoms with Crippen LogP contribution in [0, 0.1) is 5.92 Å². The molecule has 1 aromatic carbocycles. The Morgan fingerprint density at radius 3 is 2.42 bits per heavy atom. The third-order valence-electron chi connectivity index (χ3n) is 4.60. The van der Waals surface area contributed by atoms with Crippen molar-refractivity contribution in [2.45, 2.75) is 64.3 Å². The summed E-state index contributed by atoms with van der Waals surface area (Å²) in [5, 5.41) is 3.75. The van der Waals surface area contributed by atoms with Gasteiger partial charge in [0, 0.05) is 6.04 Å². The topological polar surface area (TPSA) is 12.0 Å². The first-order valence-electron chi connectivity index (χ1n) is 7.87. The maximum atomic E-state index is 3.75. The summed E-state index contributed by atoms with van der Waals surface area (Å²) >= 11 is 0. The Hall–Kier alpha value is -0.820. The molecule has 2 rings (SSSR count). The van der Waals surface area contributed by atoms with Crippen LogP contribution >= 0.6 is 0 Å². The second-order valence-electron chi connectivity index (χ2n) is 6.91. The van der Waals surface area contributed by atoms with Gasteiger partial charge < -0.3 is 5.32 Å². The molecular formula is C18H29N. The molecule has 1 aliphatic rings. The summed E-state index contributed by atoms with van der Waals surface area (Å²) in [7, 11) is 0.